The van der Waals surface area contributed by atoms with E-state index in [0.717, 1.165) is 13.0 Å². The molecule has 0 saturated heterocycles. The Morgan fingerprint density at radius 1 is 1.73 bits per heavy atom. The van der Waals surface area contributed by atoms with Gasteiger partial charge in [0.2, 0.25) is 5.91 Å². The van der Waals surface area contributed by atoms with E-state index in [0.29, 0.717) is 0 Å². The van der Waals surface area contributed by atoms with E-state index in [2.05, 4.69) is 11.4 Å². The standard InChI is InChI=1S/C8H11NOS/c1-7(10)9-5-4-8-3-2-6-11-8/h2-3,6H,4-5H2,1H3,(H,9,10). The molecule has 0 aromatic carbocycles. The van der Waals surface area contributed by atoms with Crippen LogP contribution in [-0.2, 0) is 11.2 Å². The number of thiophene rings is 1. The predicted octanol–water partition coefficient (Wildman–Crippen LogP) is 1.43. The molecule has 0 aliphatic carbocycles. The smallest absolute Gasteiger partial charge is 0.216 e. The molecule has 3 heteroatoms. The Morgan fingerprint density at radius 2 is 2.55 bits per heavy atom. The molecule has 1 aromatic heterocycles. The fraction of sp³-hybridized carbons (Fsp3) is 0.375. The van der Waals surface area contributed by atoms with E-state index < -0.39 is 0 Å². The number of rotatable bonds is 3. The molecule has 11 heavy (non-hydrogen) atoms. The third-order valence-electron chi connectivity index (χ3n) is 1.33. The average Bonchev–Trinajstić information content (AvgIpc) is 2.39. The second-order valence-corrected chi connectivity index (χ2v) is 3.34. The van der Waals surface area contributed by atoms with E-state index in [9.17, 15) is 4.79 Å². The van der Waals surface area contributed by atoms with Crippen molar-refractivity contribution < 1.29 is 4.79 Å². The van der Waals surface area contributed by atoms with Crippen molar-refractivity contribution in [3.05, 3.63) is 22.4 Å². The maximum absolute atomic E-state index is 10.5. The third kappa shape index (κ3) is 3.18. The highest BCUT2D eigenvalue weighted by Gasteiger charge is 1.93. The molecule has 0 fully saturated rings. The molecular weight excluding hydrogens is 158 g/mol. The number of carbonyl (C=O) groups is 1. The van der Waals surface area contributed by atoms with Gasteiger partial charge in [-0.1, -0.05) is 6.07 Å². The van der Waals surface area contributed by atoms with Gasteiger partial charge >= 0.3 is 0 Å². The van der Waals surface area contributed by atoms with Crippen LogP contribution in [0.25, 0.3) is 0 Å². The Morgan fingerprint density at radius 3 is 3.09 bits per heavy atom. The van der Waals surface area contributed by atoms with Crippen LogP contribution in [0.2, 0.25) is 0 Å². The summed E-state index contributed by atoms with van der Waals surface area (Å²) in [4.78, 5) is 11.8. The van der Waals surface area contributed by atoms with Crippen LogP contribution in [0, 0.1) is 0 Å². The summed E-state index contributed by atoms with van der Waals surface area (Å²) in [7, 11) is 0. The van der Waals surface area contributed by atoms with Gasteiger partial charge in [-0.3, -0.25) is 4.79 Å². The van der Waals surface area contributed by atoms with Gasteiger partial charge in [0.25, 0.3) is 0 Å². The number of carbonyl (C=O) groups excluding carboxylic acids is 1. The summed E-state index contributed by atoms with van der Waals surface area (Å²) in [6.45, 7) is 2.28. The van der Waals surface area contributed by atoms with Crippen molar-refractivity contribution in [2.24, 2.45) is 0 Å². The second kappa shape index (κ2) is 4.13. The number of hydrogen-bond acceptors (Lipinski definition) is 2. The zero-order valence-corrected chi connectivity index (χ0v) is 7.28. The van der Waals surface area contributed by atoms with Gasteiger partial charge in [-0.05, 0) is 17.9 Å². The molecule has 0 saturated carbocycles. The summed E-state index contributed by atoms with van der Waals surface area (Å²) >= 11 is 1.72. The number of nitrogens with one attached hydrogen (secondary N) is 1. The van der Waals surface area contributed by atoms with Crippen LogP contribution in [0.3, 0.4) is 0 Å². The molecule has 1 amide bonds. The van der Waals surface area contributed by atoms with E-state index >= 15 is 0 Å². The van der Waals surface area contributed by atoms with Gasteiger partial charge in [-0.2, -0.15) is 0 Å². The van der Waals surface area contributed by atoms with Crippen LogP contribution < -0.4 is 5.32 Å². The van der Waals surface area contributed by atoms with Crippen LogP contribution in [0.4, 0.5) is 0 Å². The molecule has 0 spiro atoms. The first-order chi connectivity index (χ1) is 5.29. The van der Waals surface area contributed by atoms with Gasteiger partial charge in [-0.15, -0.1) is 11.3 Å². The summed E-state index contributed by atoms with van der Waals surface area (Å²) in [5.74, 6) is 0.0431. The van der Waals surface area contributed by atoms with Crippen LogP contribution in [0.15, 0.2) is 17.5 Å². The third-order valence-corrected chi connectivity index (χ3v) is 2.26. The Bertz CT molecular complexity index is 218. The zero-order chi connectivity index (χ0) is 8.10. The SMILES string of the molecule is CC(=O)NCCc1cccs1. The van der Waals surface area contributed by atoms with E-state index in [4.69, 9.17) is 0 Å². The Kier molecular flexibility index (Phi) is 3.11. The van der Waals surface area contributed by atoms with Crippen molar-refractivity contribution in [2.45, 2.75) is 13.3 Å². The van der Waals surface area contributed by atoms with E-state index in [1.165, 1.54) is 11.8 Å². The lowest BCUT2D eigenvalue weighted by molar-refractivity contribution is -0.118. The largest absolute Gasteiger partial charge is 0.356 e. The van der Waals surface area contributed by atoms with E-state index in [1.54, 1.807) is 11.3 Å². The molecule has 0 bridgehead atoms. The Hall–Kier alpha value is -0.830. The van der Waals surface area contributed by atoms with Gasteiger partial charge in [-0.25, -0.2) is 0 Å². The highest BCUT2D eigenvalue weighted by atomic mass is 32.1. The van der Waals surface area contributed by atoms with Gasteiger partial charge in [0, 0.05) is 18.3 Å². The fourth-order valence-electron chi connectivity index (χ4n) is 0.817. The molecule has 0 atom stereocenters. The summed E-state index contributed by atoms with van der Waals surface area (Å²) < 4.78 is 0. The molecule has 60 valence electrons. The molecule has 1 heterocycles. The van der Waals surface area contributed by atoms with Gasteiger partial charge < -0.3 is 5.32 Å². The normalized spacial score (nSPS) is 9.55. The minimum atomic E-state index is 0.0431. The lowest BCUT2D eigenvalue weighted by atomic mass is 10.3. The molecule has 0 radical (unpaired) electrons. The molecule has 1 aromatic rings. The lowest BCUT2D eigenvalue weighted by Gasteiger charge is -1.98. The first kappa shape index (κ1) is 8.27. The maximum Gasteiger partial charge on any atom is 0.216 e. The Balaban J connectivity index is 2.19. The summed E-state index contributed by atoms with van der Waals surface area (Å²) in [6, 6.07) is 4.10. The molecule has 0 aliphatic heterocycles. The molecule has 0 unspecified atom stereocenters. The van der Waals surface area contributed by atoms with E-state index in [1.807, 2.05) is 11.4 Å². The Labute approximate surface area is 70.2 Å². The van der Waals surface area contributed by atoms with Crippen LogP contribution in [0.5, 0.6) is 0 Å². The van der Waals surface area contributed by atoms with Gasteiger partial charge in [0.05, 0.1) is 0 Å². The molecule has 0 aliphatic rings. The first-order valence-corrected chi connectivity index (χ1v) is 4.44. The summed E-state index contributed by atoms with van der Waals surface area (Å²) in [5, 5.41) is 4.80. The molecule has 2 nitrogen and oxygen atoms in total. The van der Waals surface area contributed by atoms with Crippen LogP contribution >= 0.6 is 11.3 Å². The minimum Gasteiger partial charge on any atom is -0.356 e. The highest BCUT2D eigenvalue weighted by molar-refractivity contribution is 7.09. The first-order valence-electron chi connectivity index (χ1n) is 3.56. The zero-order valence-electron chi connectivity index (χ0n) is 6.46. The van der Waals surface area contributed by atoms with Crippen molar-refractivity contribution in [1.29, 1.82) is 0 Å². The fourth-order valence-corrected chi connectivity index (χ4v) is 1.53. The van der Waals surface area contributed by atoms with Gasteiger partial charge in [0.15, 0.2) is 0 Å². The maximum atomic E-state index is 10.5. The van der Waals surface area contributed by atoms with Crippen molar-refractivity contribution in [2.75, 3.05) is 6.54 Å². The second-order valence-electron chi connectivity index (χ2n) is 2.31. The lowest BCUT2D eigenvalue weighted by Crippen LogP contribution is -2.21. The highest BCUT2D eigenvalue weighted by Crippen LogP contribution is 2.07. The average molecular weight is 169 g/mol. The van der Waals surface area contributed by atoms with Crippen LogP contribution in [-0.4, -0.2) is 12.5 Å². The number of hydrogen-bond donors (Lipinski definition) is 1. The predicted molar refractivity (Wildman–Crippen MR) is 46.7 cm³/mol. The van der Waals surface area contributed by atoms with Crippen molar-refractivity contribution in [1.82, 2.24) is 5.32 Å². The van der Waals surface area contributed by atoms with Crippen molar-refractivity contribution in [3.63, 3.8) is 0 Å². The van der Waals surface area contributed by atoms with E-state index in [-0.39, 0.29) is 5.91 Å². The van der Waals surface area contributed by atoms with Crippen molar-refractivity contribution in [3.8, 4) is 0 Å². The summed E-state index contributed by atoms with van der Waals surface area (Å²) in [5.41, 5.74) is 0. The topological polar surface area (TPSA) is 29.1 Å². The quantitative estimate of drug-likeness (QED) is 0.728. The monoisotopic (exact) mass is 169 g/mol. The molecule has 1 rings (SSSR count). The minimum absolute atomic E-state index is 0.0431. The summed E-state index contributed by atoms with van der Waals surface area (Å²) in [6.07, 6.45) is 0.942. The van der Waals surface area contributed by atoms with Crippen LogP contribution in [0.1, 0.15) is 11.8 Å². The number of amides is 1. The van der Waals surface area contributed by atoms with Crippen molar-refractivity contribution >= 4 is 17.2 Å². The molecule has 1 N–H and O–H groups in total. The van der Waals surface area contributed by atoms with Gasteiger partial charge in [0.1, 0.15) is 0 Å². The molecular formula is C8H11NOS.